The molecule has 0 aliphatic carbocycles. The first kappa shape index (κ1) is 13.9. The lowest BCUT2D eigenvalue weighted by molar-refractivity contribution is 0.455. The van der Waals surface area contributed by atoms with Crippen molar-refractivity contribution in [2.24, 2.45) is 0 Å². The van der Waals surface area contributed by atoms with Crippen molar-refractivity contribution in [1.82, 2.24) is 19.9 Å². The van der Waals surface area contributed by atoms with Crippen molar-refractivity contribution in [2.45, 2.75) is 18.8 Å². The van der Waals surface area contributed by atoms with Gasteiger partial charge in [0.15, 0.2) is 5.69 Å². The number of hydrogen-bond acceptors (Lipinski definition) is 3. The monoisotopic (exact) mass is 303 g/mol. The van der Waals surface area contributed by atoms with Gasteiger partial charge < -0.3 is 5.32 Å². The van der Waals surface area contributed by atoms with Crippen LogP contribution in [0.2, 0.25) is 0 Å². The highest BCUT2D eigenvalue weighted by atomic mass is 15.2. The van der Waals surface area contributed by atoms with Crippen LogP contribution >= 0.6 is 0 Å². The highest BCUT2D eigenvalue weighted by molar-refractivity contribution is 5.80. The van der Waals surface area contributed by atoms with Crippen molar-refractivity contribution in [2.75, 3.05) is 13.1 Å². The summed E-state index contributed by atoms with van der Waals surface area (Å²) in [6.45, 7) is 9.28. The maximum atomic E-state index is 7.19. The topological polar surface area (TPSA) is 46.6 Å². The van der Waals surface area contributed by atoms with E-state index in [0.717, 1.165) is 35.6 Å². The Kier molecular flexibility index (Phi) is 3.52. The average Bonchev–Trinajstić information content (AvgIpc) is 3.05. The third-order valence-electron chi connectivity index (χ3n) is 4.40. The van der Waals surface area contributed by atoms with E-state index in [1.54, 1.807) is 10.6 Å². The van der Waals surface area contributed by atoms with E-state index in [2.05, 4.69) is 27.4 Å². The first-order chi connectivity index (χ1) is 11.3. The highest BCUT2D eigenvalue weighted by Gasteiger charge is 2.17. The Balaban J connectivity index is 1.77. The molecule has 5 heteroatoms. The molecule has 0 spiro atoms. The second-order valence-electron chi connectivity index (χ2n) is 5.88. The summed E-state index contributed by atoms with van der Waals surface area (Å²) >= 11 is 0. The normalized spacial score (nSPS) is 18.0. The SMILES string of the molecule is [C-]#[N+]c1ccn2ncc(-c3cccc(C4CCCNC4)n3)c2c1. The van der Waals surface area contributed by atoms with Crippen molar-refractivity contribution in [3.63, 3.8) is 0 Å². The van der Waals surface area contributed by atoms with Crippen molar-refractivity contribution < 1.29 is 0 Å². The molecule has 1 N–H and O–H groups in total. The summed E-state index contributed by atoms with van der Waals surface area (Å²) in [5.74, 6) is 0.476. The summed E-state index contributed by atoms with van der Waals surface area (Å²) in [4.78, 5) is 8.38. The second-order valence-corrected chi connectivity index (χ2v) is 5.88. The minimum Gasteiger partial charge on any atom is -0.316 e. The molecule has 0 bridgehead atoms. The molecular formula is C18H17N5. The van der Waals surface area contributed by atoms with Crippen LogP contribution in [0, 0.1) is 6.57 Å². The Morgan fingerprint density at radius 3 is 3.09 bits per heavy atom. The van der Waals surface area contributed by atoms with E-state index in [4.69, 9.17) is 11.6 Å². The number of pyridine rings is 2. The van der Waals surface area contributed by atoms with Gasteiger partial charge in [-0.25, -0.2) is 9.36 Å². The maximum absolute atomic E-state index is 7.19. The summed E-state index contributed by atoms with van der Waals surface area (Å²) in [6, 6.07) is 9.83. The summed E-state index contributed by atoms with van der Waals surface area (Å²) in [6.07, 6.45) is 6.02. The molecule has 0 radical (unpaired) electrons. The smallest absolute Gasteiger partial charge is 0.190 e. The lowest BCUT2D eigenvalue weighted by Crippen LogP contribution is -2.28. The van der Waals surface area contributed by atoms with E-state index in [-0.39, 0.29) is 0 Å². The third-order valence-corrected chi connectivity index (χ3v) is 4.40. The molecule has 5 nitrogen and oxygen atoms in total. The number of nitrogens with zero attached hydrogens (tertiary/aromatic N) is 4. The van der Waals surface area contributed by atoms with E-state index >= 15 is 0 Å². The molecule has 3 aromatic heterocycles. The zero-order valence-electron chi connectivity index (χ0n) is 12.7. The molecule has 1 unspecified atom stereocenters. The lowest BCUT2D eigenvalue weighted by Gasteiger charge is -2.22. The predicted molar refractivity (Wildman–Crippen MR) is 89.5 cm³/mol. The molecular weight excluding hydrogens is 286 g/mol. The van der Waals surface area contributed by atoms with Crippen LogP contribution < -0.4 is 5.32 Å². The Bertz CT molecular complexity index is 884. The molecule has 1 atom stereocenters. The van der Waals surface area contributed by atoms with Gasteiger partial charge in [-0.05, 0) is 43.7 Å². The molecule has 1 fully saturated rings. The van der Waals surface area contributed by atoms with E-state index in [1.807, 2.05) is 24.5 Å². The molecule has 1 aliphatic rings. The Hall–Kier alpha value is -2.71. The minimum absolute atomic E-state index is 0.476. The molecule has 4 rings (SSSR count). The Labute approximate surface area is 134 Å². The highest BCUT2D eigenvalue weighted by Crippen LogP contribution is 2.28. The summed E-state index contributed by atoms with van der Waals surface area (Å²) < 4.78 is 1.79. The number of fused-ring (bicyclic) bond motifs is 1. The van der Waals surface area contributed by atoms with Crippen molar-refractivity contribution in [3.8, 4) is 11.3 Å². The van der Waals surface area contributed by atoms with Crippen LogP contribution in [-0.2, 0) is 0 Å². The first-order valence-corrected chi connectivity index (χ1v) is 7.88. The van der Waals surface area contributed by atoms with Crippen molar-refractivity contribution in [1.29, 1.82) is 0 Å². The summed E-state index contributed by atoms with van der Waals surface area (Å²) in [7, 11) is 0. The fourth-order valence-electron chi connectivity index (χ4n) is 3.17. The largest absolute Gasteiger partial charge is 0.316 e. The standard InChI is InChI=1S/C18H17N5/c1-19-14-7-9-23-18(10-14)15(12-21-23)17-6-2-5-16(22-17)13-4-3-8-20-11-13/h2,5-7,9-10,12-13,20H,3-4,8,11H2. The summed E-state index contributed by atoms with van der Waals surface area (Å²) in [5.41, 5.74) is 4.57. The lowest BCUT2D eigenvalue weighted by atomic mass is 9.95. The number of piperidine rings is 1. The molecule has 0 amide bonds. The second kappa shape index (κ2) is 5.82. The van der Waals surface area contributed by atoms with Gasteiger partial charge in [-0.1, -0.05) is 6.07 Å². The van der Waals surface area contributed by atoms with Crippen LogP contribution in [0.4, 0.5) is 5.69 Å². The van der Waals surface area contributed by atoms with Gasteiger partial charge in [-0.2, -0.15) is 5.10 Å². The molecule has 4 heterocycles. The molecule has 1 aliphatic heterocycles. The van der Waals surface area contributed by atoms with E-state index in [1.165, 1.54) is 12.8 Å². The fraction of sp³-hybridized carbons (Fsp3) is 0.278. The van der Waals surface area contributed by atoms with Crippen LogP contribution in [0.25, 0.3) is 21.6 Å². The van der Waals surface area contributed by atoms with Gasteiger partial charge in [0.1, 0.15) is 0 Å². The van der Waals surface area contributed by atoms with Gasteiger partial charge in [0, 0.05) is 29.9 Å². The molecule has 23 heavy (non-hydrogen) atoms. The minimum atomic E-state index is 0.476. The predicted octanol–water partition coefficient (Wildman–Crippen LogP) is 3.41. The van der Waals surface area contributed by atoms with Crippen LogP contribution in [-0.4, -0.2) is 27.7 Å². The molecule has 0 aromatic carbocycles. The Morgan fingerprint density at radius 2 is 2.26 bits per heavy atom. The summed E-state index contributed by atoms with van der Waals surface area (Å²) in [5, 5.41) is 7.82. The number of nitrogens with one attached hydrogen (secondary N) is 1. The van der Waals surface area contributed by atoms with E-state index < -0.39 is 0 Å². The van der Waals surface area contributed by atoms with Crippen LogP contribution in [0.1, 0.15) is 24.5 Å². The van der Waals surface area contributed by atoms with Crippen molar-refractivity contribution in [3.05, 3.63) is 59.8 Å². The molecule has 3 aromatic rings. The third kappa shape index (κ3) is 2.58. The van der Waals surface area contributed by atoms with Crippen LogP contribution in [0.3, 0.4) is 0 Å². The number of rotatable bonds is 2. The number of aromatic nitrogens is 3. The van der Waals surface area contributed by atoms with Crippen molar-refractivity contribution >= 4 is 11.2 Å². The zero-order chi connectivity index (χ0) is 15.6. The van der Waals surface area contributed by atoms with Gasteiger partial charge in [-0.15, -0.1) is 0 Å². The fourth-order valence-corrected chi connectivity index (χ4v) is 3.17. The average molecular weight is 303 g/mol. The van der Waals surface area contributed by atoms with Gasteiger partial charge in [0.05, 0.1) is 24.0 Å². The Morgan fingerprint density at radius 1 is 1.30 bits per heavy atom. The van der Waals surface area contributed by atoms with Gasteiger partial charge in [0.2, 0.25) is 0 Å². The quantitative estimate of drug-likeness (QED) is 0.738. The molecule has 1 saturated heterocycles. The number of hydrogen-bond donors (Lipinski definition) is 1. The van der Waals surface area contributed by atoms with Gasteiger partial charge in [-0.3, -0.25) is 4.98 Å². The van der Waals surface area contributed by atoms with Gasteiger partial charge in [0.25, 0.3) is 0 Å². The zero-order valence-corrected chi connectivity index (χ0v) is 12.7. The van der Waals surface area contributed by atoms with E-state index in [9.17, 15) is 0 Å². The molecule has 0 saturated carbocycles. The van der Waals surface area contributed by atoms with Crippen LogP contribution in [0.15, 0.2) is 42.7 Å². The van der Waals surface area contributed by atoms with Gasteiger partial charge >= 0.3 is 0 Å². The van der Waals surface area contributed by atoms with Crippen LogP contribution in [0.5, 0.6) is 0 Å². The van der Waals surface area contributed by atoms with E-state index in [0.29, 0.717) is 11.6 Å². The maximum Gasteiger partial charge on any atom is 0.190 e. The molecule has 114 valence electrons. The first-order valence-electron chi connectivity index (χ1n) is 7.88.